The van der Waals surface area contributed by atoms with Crippen LogP contribution in [0.2, 0.25) is 0 Å². The highest BCUT2D eigenvalue weighted by Gasteiger charge is 2.22. The molecule has 1 aromatic rings. The minimum Gasteiger partial charge on any atom is -0.348 e. The van der Waals surface area contributed by atoms with Gasteiger partial charge < -0.3 is 4.74 Å². The Kier molecular flexibility index (Phi) is 3.24. The van der Waals surface area contributed by atoms with Crippen LogP contribution in [0.4, 0.5) is 4.39 Å². The Morgan fingerprint density at radius 3 is 3.13 bits per heavy atom. The molecule has 0 fully saturated rings. The Hall–Kier alpha value is -0.640. The van der Waals surface area contributed by atoms with Crippen molar-refractivity contribution in [1.29, 1.82) is 0 Å². The number of nitrogens with one attached hydrogen (secondary N) is 1. The second kappa shape index (κ2) is 4.47. The van der Waals surface area contributed by atoms with Crippen molar-refractivity contribution in [2.24, 2.45) is 0 Å². The van der Waals surface area contributed by atoms with Gasteiger partial charge in [0.1, 0.15) is 5.50 Å². The lowest BCUT2D eigenvalue weighted by Gasteiger charge is -2.25. The predicted molar refractivity (Wildman–Crippen MR) is 57.6 cm³/mol. The summed E-state index contributed by atoms with van der Waals surface area (Å²) >= 11 is 6.09. The summed E-state index contributed by atoms with van der Waals surface area (Å²) in [5.41, 5.74) is 2.31. The summed E-state index contributed by atoms with van der Waals surface area (Å²) in [6, 6.07) is 5.48. The largest absolute Gasteiger partial charge is 0.348 e. The molecule has 1 aliphatic rings. The monoisotopic (exact) mass is 229 g/mol. The molecule has 2 unspecified atom stereocenters. The number of halogens is 2. The molecule has 0 spiro atoms. The maximum Gasteiger partial charge on any atom is 0.225 e. The molecule has 0 amide bonds. The average molecular weight is 230 g/mol. The molecule has 2 rings (SSSR count). The van der Waals surface area contributed by atoms with E-state index in [9.17, 15) is 4.39 Å². The molecule has 0 aliphatic carbocycles. The molecule has 1 aromatic carbocycles. The van der Waals surface area contributed by atoms with Crippen LogP contribution in [-0.2, 0) is 11.2 Å². The molecule has 4 heteroatoms. The van der Waals surface area contributed by atoms with E-state index in [0.29, 0.717) is 5.56 Å². The lowest BCUT2D eigenvalue weighted by atomic mass is 9.95. The average Bonchev–Trinajstić information content (AvgIpc) is 2.28. The Morgan fingerprint density at radius 1 is 1.60 bits per heavy atom. The lowest BCUT2D eigenvalue weighted by Crippen LogP contribution is -2.27. The number of hydrogen-bond acceptors (Lipinski definition) is 2. The summed E-state index contributed by atoms with van der Waals surface area (Å²) in [5, 5.41) is 3.12. The van der Waals surface area contributed by atoms with Gasteiger partial charge in [-0.2, -0.15) is 0 Å². The van der Waals surface area contributed by atoms with Gasteiger partial charge in [-0.3, -0.25) is 5.32 Å². The van der Waals surface area contributed by atoms with Gasteiger partial charge in [-0.25, -0.2) is 4.39 Å². The van der Waals surface area contributed by atoms with Crippen molar-refractivity contribution in [2.45, 2.75) is 18.3 Å². The quantitative estimate of drug-likeness (QED) is 0.622. The number of benzene rings is 1. The summed E-state index contributed by atoms with van der Waals surface area (Å²) < 4.78 is 18.2. The first-order valence-electron chi connectivity index (χ1n) is 4.90. The van der Waals surface area contributed by atoms with Crippen LogP contribution >= 0.6 is 11.6 Å². The number of rotatable bonds is 2. The zero-order valence-corrected chi connectivity index (χ0v) is 9.22. The smallest absolute Gasteiger partial charge is 0.225 e. The van der Waals surface area contributed by atoms with Crippen LogP contribution in [0.15, 0.2) is 18.2 Å². The molecule has 0 radical (unpaired) electrons. The molecule has 0 aromatic heterocycles. The third-order valence-corrected chi connectivity index (χ3v) is 3.06. The molecule has 0 saturated carbocycles. The molecule has 2 nitrogen and oxygen atoms in total. The maximum absolute atomic E-state index is 13.5. The van der Waals surface area contributed by atoms with Crippen LogP contribution in [0, 0.1) is 0 Å². The van der Waals surface area contributed by atoms with Gasteiger partial charge in [0.05, 0.1) is 0 Å². The standard InChI is InChI=1S/C11H13ClFNO/c1-15-11(13)9-4-2-3-8-7(9)5-6-14-10(8)12/h2-4,10-11,14H,5-6H2,1H3. The second-order valence-corrected chi connectivity index (χ2v) is 3.97. The van der Waals surface area contributed by atoms with Gasteiger partial charge in [-0.1, -0.05) is 18.2 Å². The fourth-order valence-corrected chi connectivity index (χ4v) is 2.24. The number of hydrogen-bond donors (Lipinski definition) is 1. The second-order valence-electron chi connectivity index (χ2n) is 3.53. The van der Waals surface area contributed by atoms with E-state index in [1.807, 2.05) is 12.1 Å². The number of fused-ring (bicyclic) bond motifs is 1. The minimum atomic E-state index is -1.36. The molecule has 2 atom stereocenters. The molecule has 82 valence electrons. The van der Waals surface area contributed by atoms with E-state index in [-0.39, 0.29) is 5.50 Å². The molecule has 15 heavy (non-hydrogen) atoms. The molecule has 0 bridgehead atoms. The first-order chi connectivity index (χ1) is 7.24. The zero-order valence-electron chi connectivity index (χ0n) is 8.47. The number of alkyl halides is 2. The van der Waals surface area contributed by atoms with Gasteiger partial charge in [0.15, 0.2) is 0 Å². The van der Waals surface area contributed by atoms with E-state index in [0.717, 1.165) is 24.1 Å². The number of ether oxygens (including phenoxy) is 1. The fraction of sp³-hybridized carbons (Fsp3) is 0.455. The summed E-state index contributed by atoms with van der Waals surface area (Å²) in [6.07, 6.45) is -0.569. The van der Waals surface area contributed by atoms with Crippen molar-refractivity contribution < 1.29 is 9.13 Å². The van der Waals surface area contributed by atoms with E-state index < -0.39 is 6.36 Å². The molecule has 1 N–H and O–H groups in total. The van der Waals surface area contributed by atoms with Gasteiger partial charge in [-0.15, -0.1) is 11.6 Å². The molecular weight excluding hydrogens is 217 g/mol. The Labute approximate surface area is 93.4 Å². The van der Waals surface area contributed by atoms with Crippen molar-refractivity contribution in [3.05, 3.63) is 34.9 Å². The third-order valence-electron chi connectivity index (χ3n) is 2.67. The number of methoxy groups -OCH3 is 1. The van der Waals surface area contributed by atoms with Gasteiger partial charge in [0, 0.05) is 19.2 Å². The van der Waals surface area contributed by atoms with E-state index >= 15 is 0 Å². The van der Waals surface area contributed by atoms with E-state index in [1.165, 1.54) is 7.11 Å². The van der Waals surface area contributed by atoms with Crippen LogP contribution in [0.3, 0.4) is 0 Å². The minimum absolute atomic E-state index is 0.224. The van der Waals surface area contributed by atoms with E-state index in [2.05, 4.69) is 5.32 Å². The molecular formula is C11H13ClFNO. The highest BCUT2D eigenvalue weighted by atomic mass is 35.5. The van der Waals surface area contributed by atoms with Crippen molar-refractivity contribution >= 4 is 11.6 Å². The van der Waals surface area contributed by atoms with Crippen LogP contribution in [0.1, 0.15) is 28.5 Å². The molecule has 0 saturated heterocycles. The van der Waals surface area contributed by atoms with Crippen molar-refractivity contribution in [3.8, 4) is 0 Å². The summed E-state index contributed by atoms with van der Waals surface area (Å²) in [6.45, 7) is 0.772. The van der Waals surface area contributed by atoms with E-state index in [1.54, 1.807) is 6.07 Å². The predicted octanol–water partition coefficient (Wildman–Crippen LogP) is 2.68. The first-order valence-corrected chi connectivity index (χ1v) is 5.33. The molecule has 1 aliphatic heterocycles. The SMILES string of the molecule is COC(F)c1cccc2c1CCNC2Cl. The van der Waals surface area contributed by atoms with Crippen molar-refractivity contribution in [1.82, 2.24) is 5.32 Å². The van der Waals surface area contributed by atoms with Gasteiger partial charge in [-0.05, 0) is 17.5 Å². The molecule has 1 heterocycles. The summed E-state index contributed by atoms with van der Waals surface area (Å²) in [7, 11) is 1.36. The Bertz CT molecular complexity index is 358. The van der Waals surface area contributed by atoms with Crippen LogP contribution in [0.25, 0.3) is 0 Å². The van der Waals surface area contributed by atoms with Crippen molar-refractivity contribution in [3.63, 3.8) is 0 Å². The van der Waals surface area contributed by atoms with Crippen LogP contribution < -0.4 is 5.32 Å². The first kappa shape index (κ1) is 10.9. The van der Waals surface area contributed by atoms with Crippen LogP contribution in [-0.4, -0.2) is 13.7 Å². The maximum atomic E-state index is 13.5. The fourth-order valence-electron chi connectivity index (χ4n) is 1.92. The zero-order chi connectivity index (χ0) is 10.8. The topological polar surface area (TPSA) is 21.3 Å². The lowest BCUT2D eigenvalue weighted by molar-refractivity contribution is -0.00739. The Morgan fingerprint density at radius 2 is 2.40 bits per heavy atom. The van der Waals surface area contributed by atoms with E-state index in [4.69, 9.17) is 16.3 Å². The summed E-state index contributed by atoms with van der Waals surface area (Å²) in [5.74, 6) is 0. The van der Waals surface area contributed by atoms with Crippen LogP contribution in [0.5, 0.6) is 0 Å². The van der Waals surface area contributed by atoms with Gasteiger partial charge >= 0.3 is 0 Å². The Balaban J connectivity index is 2.44. The highest BCUT2D eigenvalue weighted by Crippen LogP contribution is 2.32. The van der Waals surface area contributed by atoms with Crippen molar-refractivity contribution in [2.75, 3.05) is 13.7 Å². The third kappa shape index (κ3) is 2.00. The normalized spacial score (nSPS) is 22.2. The van der Waals surface area contributed by atoms with Gasteiger partial charge in [0.2, 0.25) is 6.36 Å². The summed E-state index contributed by atoms with van der Waals surface area (Å²) in [4.78, 5) is 0. The van der Waals surface area contributed by atoms with Gasteiger partial charge in [0.25, 0.3) is 0 Å². The highest BCUT2D eigenvalue weighted by molar-refractivity contribution is 6.20.